The van der Waals surface area contributed by atoms with Crippen LogP contribution in [0.4, 0.5) is 0 Å². The number of hydrogen-bond donors (Lipinski definition) is 1. The van der Waals surface area contributed by atoms with E-state index in [4.69, 9.17) is 14.6 Å². The van der Waals surface area contributed by atoms with Gasteiger partial charge in [-0.25, -0.2) is 0 Å². The Morgan fingerprint density at radius 2 is 2.32 bits per heavy atom. The molecule has 4 nitrogen and oxygen atoms in total. The fourth-order valence-corrected chi connectivity index (χ4v) is 2.40. The monoisotopic (exact) mass is 264 g/mol. The Morgan fingerprint density at radius 1 is 1.53 bits per heavy atom. The number of ether oxygens (including phenoxy) is 2. The zero-order valence-electron chi connectivity index (χ0n) is 11.4. The molecule has 104 valence electrons. The van der Waals surface area contributed by atoms with Crippen LogP contribution < -0.4 is 0 Å². The van der Waals surface area contributed by atoms with Crippen LogP contribution in [0.15, 0.2) is 24.3 Å². The summed E-state index contributed by atoms with van der Waals surface area (Å²) in [6.45, 7) is 4.43. The third-order valence-corrected chi connectivity index (χ3v) is 3.28. The maximum Gasteiger partial charge on any atom is 0.303 e. The molecule has 0 spiro atoms. The first-order valence-corrected chi connectivity index (χ1v) is 6.56. The lowest BCUT2D eigenvalue weighted by Crippen LogP contribution is -2.29. The molecule has 2 atom stereocenters. The molecule has 0 saturated carbocycles. The van der Waals surface area contributed by atoms with Crippen LogP contribution in [0, 0.1) is 6.92 Å². The topological polar surface area (TPSA) is 55.8 Å². The van der Waals surface area contributed by atoms with Gasteiger partial charge < -0.3 is 14.6 Å². The molecule has 1 aliphatic heterocycles. The van der Waals surface area contributed by atoms with Crippen LogP contribution >= 0.6 is 0 Å². The molecule has 1 heterocycles. The molecule has 1 fully saturated rings. The first kappa shape index (κ1) is 14.0. The van der Waals surface area contributed by atoms with Crippen molar-refractivity contribution in [3.8, 4) is 0 Å². The molecule has 1 aromatic rings. The summed E-state index contributed by atoms with van der Waals surface area (Å²) in [7, 11) is 0. The molecule has 0 amide bonds. The van der Waals surface area contributed by atoms with Gasteiger partial charge in [-0.05, 0) is 25.8 Å². The number of hydrogen-bond acceptors (Lipinski definition) is 3. The van der Waals surface area contributed by atoms with Gasteiger partial charge in [0, 0.05) is 12.8 Å². The predicted octanol–water partition coefficient (Wildman–Crippen LogP) is 2.53. The number of carboxylic acid groups (broad SMARTS) is 1. The average Bonchev–Trinajstić information content (AvgIpc) is 2.68. The summed E-state index contributed by atoms with van der Waals surface area (Å²) in [5.41, 5.74) is 2.38. The van der Waals surface area contributed by atoms with E-state index >= 15 is 0 Å². The summed E-state index contributed by atoms with van der Waals surface area (Å²) in [5.74, 6) is -1.44. The van der Waals surface area contributed by atoms with Crippen molar-refractivity contribution in [2.75, 3.05) is 6.61 Å². The summed E-state index contributed by atoms with van der Waals surface area (Å²) in [5, 5.41) is 8.67. The second-order valence-electron chi connectivity index (χ2n) is 5.28. The third-order valence-electron chi connectivity index (χ3n) is 3.28. The van der Waals surface area contributed by atoms with Gasteiger partial charge in [-0.2, -0.15) is 0 Å². The molecule has 1 aromatic carbocycles. The summed E-state index contributed by atoms with van der Waals surface area (Å²) in [4.78, 5) is 10.5. The first-order chi connectivity index (χ1) is 8.97. The molecule has 19 heavy (non-hydrogen) atoms. The fraction of sp³-hybridized carbons (Fsp3) is 0.533. The zero-order chi connectivity index (χ0) is 13.9. The van der Waals surface area contributed by atoms with E-state index in [-0.39, 0.29) is 12.5 Å². The van der Waals surface area contributed by atoms with Gasteiger partial charge in [0.1, 0.15) is 0 Å². The van der Waals surface area contributed by atoms with E-state index in [1.807, 2.05) is 13.0 Å². The van der Waals surface area contributed by atoms with Crippen molar-refractivity contribution in [2.24, 2.45) is 0 Å². The van der Waals surface area contributed by atoms with Crippen molar-refractivity contribution in [1.29, 1.82) is 0 Å². The Balaban J connectivity index is 1.92. The summed E-state index contributed by atoms with van der Waals surface area (Å²) in [6.07, 6.45) is 1.18. The average molecular weight is 264 g/mol. The van der Waals surface area contributed by atoms with Gasteiger partial charge in [-0.15, -0.1) is 0 Å². The van der Waals surface area contributed by atoms with Crippen LogP contribution in [0.1, 0.15) is 30.9 Å². The molecule has 0 aromatic heterocycles. The first-order valence-electron chi connectivity index (χ1n) is 6.56. The molecule has 1 aliphatic rings. The highest BCUT2D eigenvalue weighted by Gasteiger charge is 2.37. The molecule has 1 N–H and O–H groups in total. The van der Waals surface area contributed by atoms with Gasteiger partial charge >= 0.3 is 5.97 Å². The van der Waals surface area contributed by atoms with Gasteiger partial charge in [0.25, 0.3) is 0 Å². The minimum atomic E-state index is -0.795. The second-order valence-corrected chi connectivity index (χ2v) is 5.28. The van der Waals surface area contributed by atoms with Crippen molar-refractivity contribution in [1.82, 2.24) is 0 Å². The standard InChI is InChI=1S/C15H20O4/c1-11-4-3-5-12(8-11)9-15(2)18-10-13(19-15)6-7-14(16)17/h3-5,8,13H,6-7,9-10H2,1-2H3,(H,16,17). The maximum absolute atomic E-state index is 10.5. The van der Waals surface area contributed by atoms with Crippen LogP contribution in [0.25, 0.3) is 0 Å². The minimum Gasteiger partial charge on any atom is -0.481 e. The molecule has 2 unspecified atom stereocenters. The van der Waals surface area contributed by atoms with E-state index in [1.165, 1.54) is 11.1 Å². The SMILES string of the molecule is Cc1cccc(CC2(C)OCC(CCC(=O)O)O2)c1. The van der Waals surface area contributed by atoms with E-state index in [9.17, 15) is 4.79 Å². The van der Waals surface area contributed by atoms with E-state index in [0.717, 1.165) is 0 Å². The Hall–Kier alpha value is -1.39. The zero-order valence-corrected chi connectivity index (χ0v) is 11.4. The van der Waals surface area contributed by atoms with Gasteiger partial charge in [0.15, 0.2) is 5.79 Å². The van der Waals surface area contributed by atoms with E-state index in [2.05, 4.69) is 25.1 Å². The summed E-state index contributed by atoms with van der Waals surface area (Å²) >= 11 is 0. The fourth-order valence-electron chi connectivity index (χ4n) is 2.40. The molecule has 2 rings (SSSR count). The number of carbonyl (C=O) groups is 1. The van der Waals surface area contributed by atoms with E-state index in [0.29, 0.717) is 19.4 Å². The molecular formula is C15H20O4. The summed E-state index contributed by atoms with van der Waals surface area (Å²) in [6, 6.07) is 8.24. The Bertz CT molecular complexity index is 457. The molecule has 0 aliphatic carbocycles. The van der Waals surface area contributed by atoms with Gasteiger partial charge in [0.2, 0.25) is 0 Å². The van der Waals surface area contributed by atoms with Gasteiger partial charge in [-0.3, -0.25) is 4.79 Å². The Labute approximate surface area is 113 Å². The lowest BCUT2D eigenvalue weighted by atomic mass is 10.0. The highest BCUT2D eigenvalue weighted by atomic mass is 16.7. The lowest BCUT2D eigenvalue weighted by Gasteiger charge is -2.23. The Kier molecular flexibility index (Phi) is 4.22. The molecular weight excluding hydrogens is 244 g/mol. The van der Waals surface area contributed by atoms with Crippen molar-refractivity contribution in [2.45, 2.75) is 45.0 Å². The predicted molar refractivity (Wildman–Crippen MR) is 71.0 cm³/mol. The highest BCUT2D eigenvalue weighted by molar-refractivity contribution is 5.66. The molecule has 1 saturated heterocycles. The number of rotatable bonds is 5. The van der Waals surface area contributed by atoms with Crippen LogP contribution in [0.2, 0.25) is 0 Å². The Morgan fingerprint density at radius 3 is 3.00 bits per heavy atom. The number of aryl methyl sites for hydroxylation is 1. The van der Waals surface area contributed by atoms with Crippen molar-refractivity contribution < 1.29 is 19.4 Å². The number of carboxylic acids is 1. The molecule has 4 heteroatoms. The molecule has 0 radical (unpaired) electrons. The smallest absolute Gasteiger partial charge is 0.303 e. The van der Waals surface area contributed by atoms with Crippen molar-refractivity contribution in [3.05, 3.63) is 35.4 Å². The highest BCUT2D eigenvalue weighted by Crippen LogP contribution is 2.29. The number of benzene rings is 1. The minimum absolute atomic E-state index is 0.120. The number of aliphatic carboxylic acids is 1. The van der Waals surface area contributed by atoms with E-state index < -0.39 is 11.8 Å². The van der Waals surface area contributed by atoms with Gasteiger partial charge in [-0.1, -0.05) is 29.8 Å². The van der Waals surface area contributed by atoms with Crippen LogP contribution in [-0.2, 0) is 20.7 Å². The summed E-state index contributed by atoms with van der Waals surface area (Å²) < 4.78 is 11.6. The van der Waals surface area contributed by atoms with Crippen molar-refractivity contribution in [3.63, 3.8) is 0 Å². The normalized spacial score (nSPS) is 26.5. The maximum atomic E-state index is 10.5. The van der Waals surface area contributed by atoms with Crippen LogP contribution in [0.3, 0.4) is 0 Å². The van der Waals surface area contributed by atoms with E-state index in [1.54, 1.807) is 0 Å². The van der Waals surface area contributed by atoms with Crippen LogP contribution in [-0.4, -0.2) is 29.6 Å². The second kappa shape index (κ2) is 5.72. The lowest BCUT2D eigenvalue weighted by molar-refractivity contribution is -0.155. The van der Waals surface area contributed by atoms with Gasteiger partial charge in [0.05, 0.1) is 12.7 Å². The largest absolute Gasteiger partial charge is 0.481 e. The third kappa shape index (κ3) is 4.04. The van der Waals surface area contributed by atoms with Crippen LogP contribution in [0.5, 0.6) is 0 Å². The molecule has 0 bridgehead atoms. The van der Waals surface area contributed by atoms with Crippen molar-refractivity contribution >= 4 is 5.97 Å². The quantitative estimate of drug-likeness (QED) is 0.888.